The first-order valence-corrected chi connectivity index (χ1v) is 15.7. The highest BCUT2D eigenvalue weighted by Crippen LogP contribution is 2.28. The average Bonchev–Trinajstić information content (AvgIpc) is 2.93. The van der Waals surface area contributed by atoms with Gasteiger partial charge in [-0.15, -0.1) is 0 Å². The summed E-state index contributed by atoms with van der Waals surface area (Å²) in [7, 11) is -4.13. The average molecular weight is 619 g/mol. The van der Waals surface area contributed by atoms with Crippen LogP contribution in [0, 0.1) is 19.8 Å². The fourth-order valence-electron chi connectivity index (χ4n) is 4.37. The third kappa shape index (κ3) is 8.24. The van der Waals surface area contributed by atoms with Gasteiger partial charge < -0.3 is 10.2 Å². The van der Waals surface area contributed by atoms with Gasteiger partial charge >= 0.3 is 0 Å². The summed E-state index contributed by atoms with van der Waals surface area (Å²) in [5.41, 5.74) is 2.64. The minimum Gasteiger partial charge on any atom is -0.354 e. The number of halogens is 2. The van der Waals surface area contributed by atoms with Crippen LogP contribution in [-0.4, -0.2) is 44.3 Å². The van der Waals surface area contributed by atoms with Crippen LogP contribution in [0.25, 0.3) is 0 Å². The molecule has 1 N–H and O–H groups in total. The standard InChI is InChI=1S/C31H37Cl2N3O4S/c1-6-28(31(38)34-18-21(2)3)35(19-24-13-16-26(32)27(33)17-24)30(37)20-36(29-10-8-7-9-23(29)5)41(39,40)25-14-11-22(4)12-15-25/h7-17,21,28H,6,18-20H2,1-5H3,(H,34,38). The number of hydrogen-bond acceptors (Lipinski definition) is 4. The van der Waals surface area contributed by atoms with Gasteiger partial charge in [0.2, 0.25) is 11.8 Å². The molecule has 220 valence electrons. The Morgan fingerprint density at radius 2 is 1.59 bits per heavy atom. The zero-order valence-corrected chi connectivity index (χ0v) is 26.4. The number of hydrogen-bond donors (Lipinski definition) is 1. The lowest BCUT2D eigenvalue weighted by atomic mass is 10.1. The molecule has 0 saturated carbocycles. The van der Waals surface area contributed by atoms with E-state index in [1.807, 2.05) is 27.7 Å². The van der Waals surface area contributed by atoms with Crippen LogP contribution < -0.4 is 9.62 Å². The van der Waals surface area contributed by atoms with Crippen molar-refractivity contribution >= 4 is 50.7 Å². The number of aryl methyl sites for hydroxylation is 2. The normalized spacial score (nSPS) is 12.2. The Bertz CT molecular complexity index is 1480. The molecule has 0 aliphatic carbocycles. The van der Waals surface area contributed by atoms with Gasteiger partial charge in [0.05, 0.1) is 20.6 Å². The zero-order valence-electron chi connectivity index (χ0n) is 24.0. The number of nitrogens with zero attached hydrogens (tertiary/aromatic N) is 2. The topological polar surface area (TPSA) is 86.8 Å². The number of anilines is 1. The SMILES string of the molecule is CCC(C(=O)NCC(C)C)N(Cc1ccc(Cl)c(Cl)c1)C(=O)CN(c1ccccc1C)S(=O)(=O)c1ccc(C)cc1. The summed E-state index contributed by atoms with van der Waals surface area (Å²) in [6.07, 6.45) is 0.325. The highest BCUT2D eigenvalue weighted by molar-refractivity contribution is 7.92. The summed E-state index contributed by atoms with van der Waals surface area (Å²) >= 11 is 12.4. The molecule has 0 heterocycles. The first-order valence-electron chi connectivity index (χ1n) is 13.5. The van der Waals surface area contributed by atoms with E-state index in [0.29, 0.717) is 39.8 Å². The van der Waals surface area contributed by atoms with E-state index in [4.69, 9.17) is 23.2 Å². The van der Waals surface area contributed by atoms with Gasteiger partial charge in [0, 0.05) is 13.1 Å². The van der Waals surface area contributed by atoms with Gasteiger partial charge in [-0.3, -0.25) is 13.9 Å². The van der Waals surface area contributed by atoms with E-state index in [0.717, 1.165) is 9.87 Å². The Kier molecular flexibility index (Phi) is 11.2. The molecule has 3 aromatic carbocycles. The predicted octanol–water partition coefficient (Wildman–Crippen LogP) is 6.39. The van der Waals surface area contributed by atoms with Crippen LogP contribution in [0.15, 0.2) is 71.6 Å². The molecule has 1 unspecified atom stereocenters. The Hall–Kier alpha value is -3.07. The molecule has 41 heavy (non-hydrogen) atoms. The van der Waals surface area contributed by atoms with Crippen LogP contribution in [-0.2, 0) is 26.2 Å². The van der Waals surface area contributed by atoms with Crippen LogP contribution >= 0.6 is 23.2 Å². The maximum absolute atomic E-state index is 14.2. The Balaban J connectivity index is 2.07. The Morgan fingerprint density at radius 1 is 0.927 bits per heavy atom. The third-order valence-corrected chi connectivity index (χ3v) is 9.19. The summed E-state index contributed by atoms with van der Waals surface area (Å²) in [4.78, 5) is 29.0. The van der Waals surface area contributed by atoms with E-state index in [2.05, 4.69) is 5.32 Å². The van der Waals surface area contributed by atoms with Crippen LogP contribution in [0.5, 0.6) is 0 Å². The molecule has 0 radical (unpaired) electrons. The lowest BCUT2D eigenvalue weighted by Crippen LogP contribution is -2.52. The molecule has 0 saturated heterocycles. The molecule has 0 aliphatic rings. The van der Waals surface area contributed by atoms with Crippen LogP contribution in [0.2, 0.25) is 10.0 Å². The minimum atomic E-state index is -4.13. The van der Waals surface area contributed by atoms with Gasteiger partial charge in [0.15, 0.2) is 0 Å². The van der Waals surface area contributed by atoms with E-state index >= 15 is 0 Å². The molecule has 0 spiro atoms. The van der Waals surface area contributed by atoms with Crippen molar-refractivity contribution in [3.63, 3.8) is 0 Å². The van der Waals surface area contributed by atoms with Crippen molar-refractivity contribution in [1.29, 1.82) is 0 Å². The van der Waals surface area contributed by atoms with Gasteiger partial charge in [-0.05, 0) is 67.6 Å². The highest BCUT2D eigenvalue weighted by Gasteiger charge is 2.34. The molecular weight excluding hydrogens is 581 g/mol. The van der Waals surface area contributed by atoms with Crippen molar-refractivity contribution in [2.75, 3.05) is 17.4 Å². The fraction of sp³-hybridized carbons (Fsp3) is 0.355. The molecule has 0 aliphatic heterocycles. The maximum atomic E-state index is 14.2. The lowest BCUT2D eigenvalue weighted by molar-refractivity contribution is -0.140. The van der Waals surface area contributed by atoms with E-state index in [9.17, 15) is 18.0 Å². The maximum Gasteiger partial charge on any atom is 0.264 e. The van der Waals surface area contributed by atoms with Crippen LogP contribution in [0.1, 0.15) is 43.9 Å². The predicted molar refractivity (Wildman–Crippen MR) is 166 cm³/mol. The number of rotatable bonds is 12. The van der Waals surface area contributed by atoms with Gasteiger partial charge in [0.25, 0.3) is 10.0 Å². The number of para-hydroxylation sites is 1. The second kappa shape index (κ2) is 14.2. The number of sulfonamides is 1. The first-order chi connectivity index (χ1) is 19.3. The summed E-state index contributed by atoms with van der Waals surface area (Å²) in [6.45, 7) is 9.42. The molecule has 7 nitrogen and oxygen atoms in total. The number of nitrogens with one attached hydrogen (secondary N) is 1. The summed E-state index contributed by atoms with van der Waals surface area (Å²) < 4.78 is 29.1. The number of carbonyl (C=O) groups excluding carboxylic acids is 2. The van der Waals surface area contributed by atoms with Crippen LogP contribution in [0.3, 0.4) is 0 Å². The van der Waals surface area contributed by atoms with Crippen molar-refractivity contribution < 1.29 is 18.0 Å². The summed E-state index contributed by atoms with van der Waals surface area (Å²) in [5, 5.41) is 3.60. The summed E-state index contributed by atoms with van der Waals surface area (Å²) in [6, 6.07) is 17.7. The molecule has 3 rings (SSSR count). The molecule has 10 heteroatoms. The molecule has 2 amide bonds. The molecule has 0 aromatic heterocycles. The summed E-state index contributed by atoms with van der Waals surface area (Å²) in [5.74, 6) is -0.619. The highest BCUT2D eigenvalue weighted by atomic mass is 35.5. The third-order valence-electron chi connectivity index (χ3n) is 6.68. The Labute approximate surface area is 253 Å². The smallest absolute Gasteiger partial charge is 0.264 e. The molecular formula is C31H37Cl2N3O4S. The second-order valence-electron chi connectivity index (χ2n) is 10.4. The van der Waals surface area contributed by atoms with E-state index in [1.54, 1.807) is 61.5 Å². The lowest BCUT2D eigenvalue weighted by Gasteiger charge is -2.33. The van der Waals surface area contributed by atoms with Crippen molar-refractivity contribution in [3.05, 3.63) is 93.5 Å². The first kappa shape index (κ1) is 32.4. The van der Waals surface area contributed by atoms with Crippen molar-refractivity contribution in [1.82, 2.24) is 10.2 Å². The second-order valence-corrected chi connectivity index (χ2v) is 13.1. The van der Waals surface area contributed by atoms with Gasteiger partial charge in [-0.1, -0.05) is 85.9 Å². The van der Waals surface area contributed by atoms with E-state index < -0.39 is 28.5 Å². The van der Waals surface area contributed by atoms with Gasteiger partial charge in [0.1, 0.15) is 12.6 Å². The fourth-order valence-corrected chi connectivity index (χ4v) is 6.17. The number of benzene rings is 3. The van der Waals surface area contributed by atoms with Gasteiger partial charge in [-0.25, -0.2) is 8.42 Å². The van der Waals surface area contributed by atoms with Gasteiger partial charge in [-0.2, -0.15) is 0 Å². The Morgan fingerprint density at radius 3 is 2.17 bits per heavy atom. The van der Waals surface area contributed by atoms with E-state index in [1.165, 1.54) is 17.0 Å². The molecule has 3 aromatic rings. The van der Waals surface area contributed by atoms with E-state index in [-0.39, 0.29) is 23.3 Å². The van der Waals surface area contributed by atoms with Crippen molar-refractivity contribution in [3.8, 4) is 0 Å². The molecule has 0 fully saturated rings. The number of amides is 2. The van der Waals surface area contributed by atoms with Crippen molar-refractivity contribution in [2.45, 2.75) is 58.5 Å². The molecule has 0 bridgehead atoms. The quantitative estimate of drug-likeness (QED) is 0.255. The zero-order chi connectivity index (χ0) is 30.3. The van der Waals surface area contributed by atoms with Crippen LogP contribution in [0.4, 0.5) is 5.69 Å². The van der Waals surface area contributed by atoms with Crippen molar-refractivity contribution in [2.24, 2.45) is 5.92 Å². The monoisotopic (exact) mass is 617 g/mol. The largest absolute Gasteiger partial charge is 0.354 e. The minimum absolute atomic E-state index is 0.0372. The molecule has 1 atom stereocenters. The number of carbonyl (C=O) groups is 2.